The Hall–Kier alpha value is -3.60. The molecule has 0 heterocycles. The zero-order valence-electron chi connectivity index (χ0n) is 17.8. The number of nitrogens with zero attached hydrogens (tertiary/aromatic N) is 1. The first-order chi connectivity index (χ1) is 15.1. The quantitative estimate of drug-likeness (QED) is 0.504. The highest BCUT2D eigenvalue weighted by molar-refractivity contribution is 5.93. The van der Waals surface area contributed by atoms with Crippen LogP contribution in [-0.2, 0) is 22.7 Å². The van der Waals surface area contributed by atoms with E-state index < -0.39 is 0 Å². The molecule has 3 aromatic carbocycles. The Kier molecular flexibility index (Phi) is 8.23. The third kappa shape index (κ3) is 7.30. The average molecular weight is 417 g/mol. The molecule has 0 aromatic heterocycles. The maximum absolute atomic E-state index is 13.0. The Morgan fingerprint density at radius 1 is 0.774 bits per heavy atom. The lowest BCUT2D eigenvalue weighted by molar-refractivity contribution is -0.134. The van der Waals surface area contributed by atoms with Crippen molar-refractivity contribution in [2.75, 3.05) is 11.9 Å². The number of benzene rings is 3. The molecule has 0 unspecified atom stereocenters. The highest BCUT2D eigenvalue weighted by Gasteiger charge is 2.16. The van der Waals surface area contributed by atoms with E-state index in [2.05, 4.69) is 5.32 Å². The molecular formula is C26H28N2O3. The second-order valence-electron chi connectivity index (χ2n) is 7.23. The predicted molar refractivity (Wildman–Crippen MR) is 123 cm³/mol. The zero-order chi connectivity index (χ0) is 21.9. The molecule has 0 atom stereocenters. The van der Waals surface area contributed by atoms with Gasteiger partial charge < -0.3 is 15.0 Å². The number of nitrogens with one attached hydrogen (secondary N) is 1. The molecule has 0 saturated heterocycles. The fourth-order valence-electron chi connectivity index (χ4n) is 3.24. The van der Waals surface area contributed by atoms with E-state index >= 15 is 0 Å². The number of carbonyl (C=O) groups excluding carboxylic acids is 2. The molecule has 0 aliphatic heterocycles. The Balaban J connectivity index is 1.57. The molecular weight excluding hydrogens is 388 g/mol. The molecule has 5 heteroatoms. The standard InChI is InChI=1S/C26H28N2O3/c1-2-31-24-15-13-23(14-16-24)27-25(29)17-18-26(30)28(19-21-9-5-3-6-10-21)20-22-11-7-4-8-12-22/h3-16H,2,17-20H2,1H3,(H,27,29). The Morgan fingerprint density at radius 2 is 1.32 bits per heavy atom. The van der Waals surface area contributed by atoms with Crippen molar-refractivity contribution in [2.24, 2.45) is 0 Å². The van der Waals surface area contributed by atoms with Crippen molar-refractivity contribution < 1.29 is 14.3 Å². The minimum absolute atomic E-state index is 0.0467. The van der Waals surface area contributed by atoms with Gasteiger partial charge in [-0.25, -0.2) is 0 Å². The summed E-state index contributed by atoms with van der Waals surface area (Å²) in [4.78, 5) is 27.1. The van der Waals surface area contributed by atoms with Crippen LogP contribution in [0.3, 0.4) is 0 Å². The molecule has 0 aliphatic rings. The monoisotopic (exact) mass is 416 g/mol. The number of ether oxygens (including phenoxy) is 1. The van der Waals surface area contributed by atoms with E-state index in [9.17, 15) is 9.59 Å². The number of amides is 2. The zero-order valence-corrected chi connectivity index (χ0v) is 17.8. The van der Waals surface area contributed by atoms with Crippen LogP contribution in [-0.4, -0.2) is 23.3 Å². The Morgan fingerprint density at radius 3 is 1.84 bits per heavy atom. The van der Waals surface area contributed by atoms with Gasteiger partial charge in [-0.05, 0) is 42.3 Å². The maximum Gasteiger partial charge on any atom is 0.224 e. The topological polar surface area (TPSA) is 58.6 Å². The van der Waals surface area contributed by atoms with Crippen molar-refractivity contribution in [1.82, 2.24) is 4.90 Å². The molecule has 160 valence electrons. The lowest BCUT2D eigenvalue weighted by Gasteiger charge is -2.23. The number of hydrogen-bond acceptors (Lipinski definition) is 3. The number of hydrogen-bond donors (Lipinski definition) is 1. The minimum atomic E-state index is -0.183. The molecule has 5 nitrogen and oxygen atoms in total. The van der Waals surface area contributed by atoms with Gasteiger partial charge in [0.05, 0.1) is 6.61 Å². The highest BCUT2D eigenvalue weighted by atomic mass is 16.5. The van der Waals surface area contributed by atoms with Crippen LogP contribution >= 0.6 is 0 Å². The average Bonchev–Trinajstić information content (AvgIpc) is 2.80. The van der Waals surface area contributed by atoms with Crippen LogP contribution in [0.25, 0.3) is 0 Å². The minimum Gasteiger partial charge on any atom is -0.494 e. The highest BCUT2D eigenvalue weighted by Crippen LogP contribution is 2.17. The first kappa shape index (κ1) is 22.1. The van der Waals surface area contributed by atoms with Crippen molar-refractivity contribution in [3.05, 3.63) is 96.1 Å². The fraction of sp³-hybridized carbons (Fsp3) is 0.231. The molecule has 2 amide bonds. The van der Waals surface area contributed by atoms with Crippen LogP contribution in [0, 0.1) is 0 Å². The van der Waals surface area contributed by atoms with E-state index in [0.29, 0.717) is 25.4 Å². The molecule has 3 aromatic rings. The molecule has 1 N–H and O–H groups in total. The lowest BCUT2D eigenvalue weighted by atomic mass is 10.1. The van der Waals surface area contributed by atoms with Gasteiger partial charge in [0.1, 0.15) is 5.75 Å². The van der Waals surface area contributed by atoms with E-state index in [-0.39, 0.29) is 24.7 Å². The van der Waals surface area contributed by atoms with E-state index in [1.165, 1.54) is 0 Å². The van der Waals surface area contributed by atoms with Gasteiger partial charge in [0.15, 0.2) is 0 Å². The number of anilines is 1. The van der Waals surface area contributed by atoms with Crippen molar-refractivity contribution in [2.45, 2.75) is 32.9 Å². The van der Waals surface area contributed by atoms with E-state index in [0.717, 1.165) is 16.9 Å². The molecule has 31 heavy (non-hydrogen) atoms. The fourth-order valence-corrected chi connectivity index (χ4v) is 3.24. The van der Waals surface area contributed by atoms with Gasteiger partial charge >= 0.3 is 0 Å². The van der Waals surface area contributed by atoms with Crippen molar-refractivity contribution in [3.63, 3.8) is 0 Å². The van der Waals surface area contributed by atoms with Crippen LogP contribution in [0.15, 0.2) is 84.9 Å². The molecule has 0 fully saturated rings. The second-order valence-corrected chi connectivity index (χ2v) is 7.23. The van der Waals surface area contributed by atoms with Crippen LogP contribution in [0.2, 0.25) is 0 Å². The lowest BCUT2D eigenvalue weighted by Crippen LogP contribution is -2.30. The molecule has 0 saturated carbocycles. The summed E-state index contributed by atoms with van der Waals surface area (Å²) in [5, 5.41) is 2.84. The summed E-state index contributed by atoms with van der Waals surface area (Å²) in [7, 11) is 0. The van der Waals surface area contributed by atoms with E-state index in [1.54, 1.807) is 17.0 Å². The summed E-state index contributed by atoms with van der Waals surface area (Å²) >= 11 is 0. The van der Waals surface area contributed by atoms with Crippen molar-refractivity contribution in [1.29, 1.82) is 0 Å². The largest absolute Gasteiger partial charge is 0.494 e. The van der Waals surface area contributed by atoms with Crippen LogP contribution in [0.4, 0.5) is 5.69 Å². The summed E-state index contributed by atoms with van der Waals surface area (Å²) in [6, 6.07) is 27.0. The molecule has 0 spiro atoms. The van der Waals surface area contributed by atoms with Gasteiger partial charge in [0.25, 0.3) is 0 Å². The van der Waals surface area contributed by atoms with Crippen molar-refractivity contribution >= 4 is 17.5 Å². The SMILES string of the molecule is CCOc1ccc(NC(=O)CCC(=O)N(Cc2ccccc2)Cc2ccccc2)cc1. The number of rotatable bonds is 10. The van der Waals surface area contributed by atoms with Crippen LogP contribution < -0.4 is 10.1 Å². The Labute approximate surface area is 183 Å². The van der Waals surface area contributed by atoms with E-state index in [4.69, 9.17) is 4.74 Å². The smallest absolute Gasteiger partial charge is 0.224 e. The second kappa shape index (κ2) is 11.6. The maximum atomic E-state index is 13.0. The summed E-state index contributed by atoms with van der Waals surface area (Å²) in [6.45, 7) is 3.53. The van der Waals surface area contributed by atoms with Gasteiger partial charge in [-0.15, -0.1) is 0 Å². The first-order valence-electron chi connectivity index (χ1n) is 10.5. The third-order valence-electron chi connectivity index (χ3n) is 4.80. The van der Waals surface area contributed by atoms with Crippen molar-refractivity contribution in [3.8, 4) is 5.75 Å². The molecule has 0 radical (unpaired) electrons. The van der Waals surface area contributed by atoms with Gasteiger partial charge in [-0.2, -0.15) is 0 Å². The van der Waals surface area contributed by atoms with E-state index in [1.807, 2.05) is 79.7 Å². The predicted octanol–water partition coefficient (Wildman–Crippen LogP) is 5.03. The van der Waals surface area contributed by atoms with Crippen LogP contribution in [0.5, 0.6) is 5.75 Å². The van der Waals surface area contributed by atoms with Gasteiger partial charge in [0, 0.05) is 31.6 Å². The third-order valence-corrected chi connectivity index (χ3v) is 4.80. The van der Waals surface area contributed by atoms with Crippen LogP contribution in [0.1, 0.15) is 30.9 Å². The summed E-state index contributed by atoms with van der Waals surface area (Å²) < 4.78 is 5.41. The van der Waals surface area contributed by atoms with Gasteiger partial charge in [-0.1, -0.05) is 60.7 Å². The Bertz CT molecular complexity index is 915. The normalized spacial score (nSPS) is 10.4. The molecule has 3 rings (SSSR count). The number of carbonyl (C=O) groups is 2. The summed E-state index contributed by atoms with van der Waals surface area (Å²) in [6.07, 6.45) is 0.286. The first-order valence-corrected chi connectivity index (χ1v) is 10.5. The molecule has 0 aliphatic carbocycles. The van der Waals surface area contributed by atoms with Gasteiger partial charge in [0.2, 0.25) is 11.8 Å². The summed E-state index contributed by atoms with van der Waals surface area (Å²) in [5.74, 6) is 0.527. The molecule has 0 bridgehead atoms. The summed E-state index contributed by atoms with van der Waals surface area (Å²) in [5.41, 5.74) is 2.81. The van der Waals surface area contributed by atoms with Gasteiger partial charge in [-0.3, -0.25) is 9.59 Å².